The molecule has 168 valence electrons. The van der Waals surface area contributed by atoms with Crippen LogP contribution >= 0.6 is 0 Å². The van der Waals surface area contributed by atoms with E-state index in [-0.39, 0.29) is 30.5 Å². The molecule has 2 aromatic rings. The highest BCUT2D eigenvalue weighted by Gasteiger charge is 2.26. The highest BCUT2D eigenvalue weighted by Crippen LogP contribution is 2.18. The average molecular weight is 431 g/mol. The summed E-state index contributed by atoms with van der Waals surface area (Å²) in [5.74, 6) is 0.477. The number of amides is 1. The lowest BCUT2D eigenvalue weighted by Gasteiger charge is -2.35. The average Bonchev–Trinajstić information content (AvgIpc) is 2.77. The maximum absolute atomic E-state index is 13.1. The van der Waals surface area contributed by atoms with Crippen molar-refractivity contribution in [2.24, 2.45) is 0 Å². The van der Waals surface area contributed by atoms with E-state index in [2.05, 4.69) is 19.9 Å². The molecule has 0 atom stereocenters. The number of H-pyrrole nitrogens is 1. The molecule has 1 amide bonds. The van der Waals surface area contributed by atoms with Gasteiger partial charge >= 0.3 is 5.69 Å². The zero-order chi connectivity index (χ0) is 22.4. The summed E-state index contributed by atoms with van der Waals surface area (Å²) >= 11 is 0. The number of nitrogen functional groups attached to an aromatic ring is 1. The summed E-state index contributed by atoms with van der Waals surface area (Å²) in [4.78, 5) is 54.0. The standard InChI is InChI=1S/C20H30N8O3/c1-3-5-9-28-17(21)16(18(30)24-20(28)31)27(4-2)15(29)14-25-10-12-26(13-11-25)19-22-7-6-8-23-19/h6-8H,3-5,9-14,21H2,1-2H3,(H,24,30,31). The van der Waals surface area contributed by atoms with Crippen molar-refractivity contribution in [1.82, 2.24) is 24.4 Å². The number of carbonyl (C=O) groups excluding carboxylic acids is 1. The van der Waals surface area contributed by atoms with Crippen molar-refractivity contribution in [3.63, 3.8) is 0 Å². The zero-order valence-electron chi connectivity index (χ0n) is 18.1. The quantitative estimate of drug-likeness (QED) is 0.592. The number of hydrogen-bond acceptors (Lipinski definition) is 8. The fourth-order valence-corrected chi connectivity index (χ4v) is 3.67. The minimum Gasteiger partial charge on any atom is -0.383 e. The highest BCUT2D eigenvalue weighted by atomic mass is 16.2. The number of nitrogens with two attached hydrogens (primary N) is 1. The maximum atomic E-state index is 13.1. The Labute approximate surface area is 180 Å². The highest BCUT2D eigenvalue weighted by molar-refractivity contribution is 5.96. The summed E-state index contributed by atoms with van der Waals surface area (Å²) in [7, 11) is 0. The number of piperazine rings is 1. The molecule has 1 aliphatic rings. The summed E-state index contributed by atoms with van der Waals surface area (Å²) in [6.45, 7) is 7.34. The second-order valence-corrected chi connectivity index (χ2v) is 7.45. The van der Waals surface area contributed by atoms with Crippen LogP contribution in [0.15, 0.2) is 28.0 Å². The van der Waals surface area contributed by atoms with Gasteiger partial charge in [0.1, 0.15) is 5.82 Å². The van der Waals surface area contributed by atoms with Crippen LogP contribution in [0, 0.1) is 0 Å². The molecule has 31 heavy (non-hydrogen) atoms. The molecule has 3 N–H and O–H groups in total. The lowest BCUT2D eigenvalue weighted by molar-refractivity contribution is -0.119. The molecule has 0 radical (unpaired) electrons. The SMILES string of the molecule is CCCCn1c(N)c(N(CC)C(=O)CN2CCN(c3ncccn3)CC2)c(=O)[nH]c1=O. The predicted molar refractivity (Wildman–Crippen MR) is 119 cm³/mol. The van der Waals surface area contributed by atoms with Crippen LogP contribution in [-0.4, -0.2) is 69.6 Å². The Kier molecular flexibility index (Phi) is 7.40. The minimum absolute atomic E-state index is 0.0310. The number of carbonyl (C=O) groups is 1. The molecule has 0 aromatic carbocycles. The molecule has 0 aliphatic carbocycles. The van der Waals surface area contributed by atoms with E-state index in [9.17, 15) is 14.4 Å². The first-order valence-corrected chi connectivity index (χ1v) is 10.6. The number of unbranched alkanes of at least 4 members (excludes halogenated alkanes) is 1. The molecule has 0 saturated carbocycles. The Morgan fingerprint density at radius 3 is 2.45 bits per heavy atom. The molecule has 1 fully saturated rings. The minimum atomic E-state index is -0.642. The number of aromatic amines is 1. The van der Waals surface area contributed by atoms with Gasteiger partial charge < -0.3 is 15.5 Å². The molecule has 0 spiro atoms. The van der Waals surface area contributed by atoms with Crippen molar-refractivity contribution < 1.29 is 4.79 Å². The van der Waals surface area contributed by atoms with Crippen LogP contribution < -0.4 is 26.8 Å². The second kappa shape index (κ2) is 10.2. The number of likely N-dealkylation sites (N-methyl/N-ethyl adjacent to an activating group) is 1. The topological polar surface area (TPSA) is 133 Å². The van der Waals surface area contributed by atoms with Crippen molar-refractivity contribution in [3.05, 3.63) is 39.3 Å². The third-order valence-electron chi connectivity index (χ3n) is 5.40. The van der Waals surface area contributed by atoms with E-state index in [1.807, 2.05) is 11.8 Å². The Bertz CT molecular complexity index is 996. The lowest BCUT2D eigenvalue weighted by Crippen LogP contribution is -2.51. The molecular formula is C20H30N8O3. The molecule has 3 rings (SSSR count). The van der Waals surface area contributed by atoms with E-state index in [0.717, 1.165) is 12.8 Å². The Hall–Kier alpha value is -3.21. The third kappa shape index (κ3) is 5.10. The van der Waals surface area contributed by atoms with Crippen LogP contribution in [0.3, 0.4) is 0 Å². The van der Waals surface area contributed by atoms with Crippen molar-refractivity contribution in [2.75, 3.05) is 54.8 Å². The number of rotatable bonds is 8. The van der Waals surface area contributed by atoms with Crippen LogP contribution in [0.2, 0.25) is 0 Å². The first kappa shape index (κ1) is 22.5. The molecule has 3 heterocycles. The number of nitrogens with zero attached hydrogens (tertiary/aromatic N) is 6. The van der Waals surface area contributed by atoms with E-state index in [0.29, 0.717) is 38.7 Å². The van der Waals surface area contributed by atoms with Gasteiger partial charge in [0, 0.05) is 51.7 Å². The van der Waals surface area contributed by atoms with Crippen molar-refractivity contribution in [3.8, 4) is 0 Å². The van der Waals surface area contributed by atoms with Crippen LogP contribution in [0.1, 0.15) is 26.7 Å². The van der Waals surface area contributed by atoms with Crippen LogP contribution in [0.25, 0.3) is 0 Å². The molecule has 0 unspecified atom stereocenters. The summed E-state index contributed by atoms with van der Waals surface area (Å²) in [5.41, 5.74) is 5.02. The largest absolute Gasteiger partial charge is 0.383 e. The van der Waals surface area contributed by atoms with Gasteiger partial charge in [0.2, 0.25) is 11.9 Å². The Balaban J connectivity index is 1.71. The molecule has 2 aromatic heterocycles. The maximum Gasteiger partial charge on any atom is 0.330 e. The molecular weight excluding hydrogens is 400 g/mol. The lowest BCUT2D eigenvalue weighted by atomic mass is 10.3. The van der Waals surface area contributed by atoms with E-state index in [4.69, 9.17) is 5.73 Å². The van der Waals surface area contributed by atoms with Gasteiger partial charge in [0.15, 0.2) is 5.69 Å². The van der Waals surface area contributed by atoms with Gasteiger partial charge in [-0.3, -0.25) is 24.0 Å². The fourth-order valence-electron chi connectivity index (χ4n) is 3.67. The first-order chi connectivity index (χ1) is 15.0. The first-order valence-electron chi connectivity index (χ1n) is 10.6. The van der Waals surface area contributed by atoms with Crippen LogP contribution in [0.4, 0.5) is 17.5 Å². The zero-order valence-corrected chi connectivity index (χ0v) is 18.1. The smallest absolute Gasteiger partial charge is 0.330 e. The van der Waals surface area contributed by atoms with E-state index in [1.54, 1.807) is 25.4 Å². The number of anilines is 3. The Morgan fingerprint density at radius 1 is 1.16 bits per heavy atom. The summed E-state index contributed by atoms with van der Waals surface area (Å²) in [5, 5.41) is 0. The fraction of sp³-hybridized carbons (Fsp3) is 0.550. The molecule has 1 aliphatic heterocycles. The summed E-state index contributed by atoms with van der Waals surface area (Å²) in [6, 6.07) is 1.77. The second-order valence-electron chi connectivity index (χ2n) is 7.45. The molecule has 11 nitrogen and oxygen atoms in total. The van der Waals surface area contributed by atoms with Gasteiger partial charge in [0.05, 0.1) is 6.54 Å². The number of hydrogen-bond donors (Lipinski definition) is 2. The van der Waals surface area contributed by atoms with E-state index >= 15 is 0 Å². The van der Waals surface area contributed by atoms with E-state index < -0.39 is 11.2 Å². The third-order valence-corrected chi connectivity index (χ3v) is 5.40. The van der Waals surface area contributed by atoms with E-state index in [1.165, 1.54) is 9.47 Å². The predicted octanol–water partition coefficient (Wildman–Crippen LogP) is -0.116. The summed E-state index contributed by atoms with van der Waals surface area (Å²) < 4.78 is 1.33. The normalized spacial score (nSPS) is 14.6. The number of nitrogens with one attached hydrogen (secondary N) is 1. The van der Waals surface area contributed by atoms with Gasteiger partial charge in [-0.05, 0) is 19.4 Å². The van der Waals surface area contributed by atoms with Crippen molar-refractivity contribution >= 4 is 23.4 Å². The van der Waals surface area contributed by atoms with Gasteiger partial charge in [-0.2, -0.15) is 0 Å². The number of aromatic nitrogens is 4. The molecule has 0 bridgehead atoms. The van der Waals surface area contributed by atoms with Gasteiger partial charge in [0.25, 0.3) is 5.56 Å². The van der Waals surface area contributed by atoms with Crippen molar-refractivity contribution in [1.29, 1.82) is 0 Å². The Morgan fingerprint density at radius 2 is 1.84 bits per heavy atom. The monoisotopic (exact) mass is 430 g/mol. The van der Waals surface area contributed by atoms with Crippen LogP contribution in [0.5, 0.6) is 0 Å². The van der Waals surface area contributed by atoms with Crippen LogP contribution in [-0.2, 0) is 11.3 Å². The molecule has 11 heteroatoms. The van der Waals surface area contributed by atoms with Crippen molar-refractivity contribution in [2.45, 2.75) is 33.2 Å². The van der Waals surface area contributed by atoms with Gasteiger partial charge in [-0.1, -0.05) is 13.3 Å². The van der Waals surface area contributed by atoms with Gasteiger partial charge in [-0.25, -0.2) is 14.8 Å². The summed E-state index contributed by atoms with van der Waals surface area (Å²) in [6.07, 6.45) is 5.03. The molecule has 1 saturated heterocycles. The van der Waals surface area contributed by atoms with Gasteiger partial charge in [-0.15, -0.1) is 0 Å².